The van der Waals surface area contributed by atoms with Crippen LogP contribution in [0, 0.1) is 17.8 Å². The van der Waals surface area contributed by atoms with Gasteiger partial charge in [0.05, 0.1) is 26.4 Å². The van der Waals surface area contributed by atoms with Gasteiger partial charge in [0.15, 0.2) is 0 Å². The molecule has 20 heavy (non-hydrogen) atoms. The Balaban J connectivity index is 1.45. The third-order valence-electron chi connectivity index (χ3n) is 4.61. The third kappa shape index (κ3) is 3.42. The molecule has 0 bridgehead atoms. The zero-order chi connectivity index (χ0) is 13.9. The molecule has 4 heteroatoms. The van der Waals surface area contributed by atoms with E-state index in [4.69, 9.17) is 18.9 Å². The van der Waals surface area contributed by atoms with E-state index in [0.29, 0.717) is 17.8 Å². The highest BCUT2D eigenvalue weighted by molar-refractivity contribution is 5.03. The summed E-state index contributed by atoms with van der Waals surface area (Å²) in [6.45, 7) is 7.32. The van der Waals surface area contributed by atoms with E-state index in [1.807, 2.05) is 0 Å². The van der Waals surface area contributed by atoms with Crippen LogP contribution in [0.5, 0.6) is 0 Å². The molecule has 0 aromatic carbocycles. The van der Waals surface area contributed by atoms with E-state index >= 15 is 0 Å². The molecule has 0 aromatic heterocycles. The van der Waals surface area contributed by atoms with Crippen LogP contribution in [0.1, 0.15) is 33.1 Å². The average Bonchev–Trinajstić information content (AvgIpc) is 2.49. The van der Waals surface area contributed by atoms with Crippen LogP contribution < -0.4 is 0 Å². The maximum Gasteiger partial charge on any atom is 0.209 e. The standard InChI is InChI=1S/C16H26O4/c1-11-3-5-13(6-4-11)14-9-19-16(20-10-14)15-17-7-12(2)8-18-15/h3,12-16H,4-10H2,1-2H3. The summed E-state index contributed by atoms with van der Waals surface area (Å²) in [6, 6.07) is 0. The minimum Gasteiger partial charge on any atom is -0.348 e. The number of rotatable bonds is 2. The lowest BCUT2D eigenvalue weighted by Crippen LogP contribution is -2.47. The summed E-state index contributed by atoms with van der Waals surface area (Å²) < 4.78 is 23.0. The summed E-state index contributed by atoms with van der Waals surface area (Å²) in [7, 11) is 0. The maximum atomic E-state index is 5.85. The Morgan fingerprint density at radius 1 is 0.900 bits per heavy atom. The molecule has 1 unspecified atom stereocenters. The van der Waals surface area contributed by atoms with Gasteiger partial charge in [-0.2, -0.15) is 0 Å². The van der Waals surface area contributed by atoms with Gasteiger partial charge in [-0.3, -0.25) is 0 Å². The molecule has 2 aliphatic heterocycles. The van der Waals surface area contributed by atoms with E-state index in [2.05, 4.69) is 19.9 Å². The molecule has 2 fully saturated rings. The fourth-order valence-electron chi connectivity index (χ4n) is 3.15. The molecule has 114 valence electrons. The first-order valence-electron chi connectivity index (χ1n) is 7.84. The van der Waals surface area contributed by atoms with Crippen LogP contribution in [0.15, 0.2) is 11.6 Å². The second kappa shape index (κ2) is 6.56. The van der Waals surface area contributed by atoms with Gasteiger partial charge in [-0.1, -0.05) is 18.6 Å². The summed E-state index contributed by atoms with van der Waals surface area (Å²) in [6.07, 6.45) is 5.33. The molecule has 0 aromatic rings. The van der Waals surface area contributed by atoms with Crippen molar-refractivity contribution in [2.75, 3.05) is 26.4 Å². The van der Waals surface area contributed by atoms with Gasteiger partial charge in [-0.05, 0) is 32.1 Å². The molecule has 0 amide bonds. The zero-order valence-electron chi connectivity index (χ0n) is 12.5. The molecule has 2 saturated heterocycles. The van der Waals surface area contributed by atoms with E-state index in [1.165, 1.54) is 24.8 Å². The predicted octanol–water partition coefficient (Wildman–Crippen LogP) is 2.73. The van der Waals surface area contributed by atoms with Crippen molar-refractivity contribution in [1.82, 2.24) is 0 Å². The van der Waals surface area contributed by atoms with Crippen LogP contribution in [-0.2, 0) is 18.9 Å². The highest BCUT2D eigenvalue weighted by atomic mass is 16.8. The van der Waals surface area contributed by atoms with E-state index in [1.54, 1.807) is 0 Å². The first kappa shape index (κ1) is 14.5. The number of allylic oxidation sites excluding steroid dienone is 2. The van der Waals surface area contributed by atoms with E-state index in [9.17, 15) is 0 Å². The average molecular weight is 282 g/mol. The molecule has 0 N–H and O–H groups in total. The molecule has 1 aliphatic carbocycles. The maximum absolute atomic E-state index is 5.85. The molecule has 0 radical (unpaired) electrons. The van der Waals surface area contributed by atoms with Crippen molar-refractivity contribution in [2.24, 2.45) is 17.8 Å². The number of ether oxygens (including phenoxy) is 4. The van der Waals surface area contributed by atoms with Crippen LogP contribution in [0.25, 0.3) is 0 Å². The smallest absolute Gasteiger partial charge is 0.209 e. The summed E-state index contributed by atoms with van der Waals surface area (Å²) in [4.78, 5) is 0. The summed E-state index contributed by atoms with van der Waals surface area (Å²) in [5.74, 6) is 1.67. The van der Waals surface area contributed by atoms with Crippen molar-refractivity contribution in [1.29, 1.82) is 0 Å². The van der Waals surface area contributed by atoms with Crippen LogP contribution in [0.3, 0.4) is 0 Å². The van der Waals surface area contributed by atoms with Crippen molar-refractivity contribution >= 4 is 0 Å². The SMILES string of the molecule is CC1=CCC(C2COC(C3OCC(C)CO3)OC2)CC1. The van der Waals surface area contributed by atoms with E-state index < -0.39 is 0 Å². The Morgan fingerprint density at radius 2 is 1.50 bits per heavy atom. The largest absolute Gasteiger partial charge is 0.348 e. The highest BCUT2D eigenvalue weighted by Crippen LogP contribution is 2.32. The van der Waals surface area contributed by atoms with Crippen molar-refractivity contribution in [3.63, 3.8) is 0 Å². The number of hydrogen-bond donors (Lipinski definition) is 0. The first-order chi connectivity index (χ1) is 9.72. The molecular formula is C16H26O4. The first-order valence-corrected chi connectivity index (χ1v) is 7.84. The van der Waals surface area contributed by atoms with Gasteiger partial charge in [0, 0.05) is 11.8 Å². The van der Waals surface area contributed by atoms with Gasteiger partial charge in [-0.15, -0.1) is 0 Å². The third-order valence-corrected chi connectivity index (χ3v) is 4.61. The quantitative estimate of drug-likeness (QED) is 0.730. The monoisotopic (exact) mass is 282 g/mol. The van der Waals surface area contributed by atoms with Crippen LogP contribution in [-0.4, -0.2) is 39.0 Å². The fraction of sp³-hybridized carbons (Fsp3) is 0.875. The summed E-state index contributed by atoms with van der Waals surface area (Å²) in [5.41, 5.74) is 1.52. The van der Waals surface area contributed by atoms with Crippen LogP contribution >= 0.6 is 0 Å². The highest BCUT2D eigenvalue weighted by Gasteiger charge is 2.35. The normalized spacial score (nSPS) is 43.1. The minimum absolute atomic E-state index is 0.347. The number of hydrogen-bond acceptors (Lipinski definition) is 4. The molecule has 3 rings (SSSR count). The van der Waals surface area contributed by atoms with Gasteiger partial charge in [-0.25, -0.2) is 0 Å². The van der Waals surface area contributed by atoms with Crippen molar-refractivity contribution in [2.45, 2.75) is 45.7 Å². The van der Waals surface area contributed by atoms with Gasteiger partial charge in [0.1, 0.15) is 0 Å². The van der Waals surface area contributed by atoms with Gasteiger partial charge in [0.25, 0.3) is 0 Å². The fourth-order valence-corrected chi connectivity index (χ4v) is 3.15. The predicted molar refractivity (Wildman–Crippen MR) is 75.1 cm³/mol. The second-order valence-corrected chi connectivity index (χ2v) is 6.52. The summed E-state index contributed by atoms with van der Waals surface area (Å²) in [5, 5.41) is 0. The lowest BCUT2D eigenvalue weighted by atomic mass is 9.81. The Bertz CT molecular complexity index is 338. The zero-order valence-corrected chi connectivity index (χ0v) is 12.5. The van der Waals surface area contributed by atoms with Crippen LogP contribution in [0.4, 0.5) is 0 Å². The Labute approximate surface area is 121 Å². The second-order valence-electron chi connectivity index (χ2n) is 6.52. The molecule has 3 aliphatic rings. The van der Waals surface area contributed by atoms with Gasteiger partial charge in [0.2, 0.25) is 12.6 Å². The van der Waals surface area contributed by atoms with Gasteiger partial charge < -0.3 is 18.9 Å². The minimum atomic E-state index is -0.348. The van der Waals surface area contributed by atoms with Crippen molar-refractivity contribution in [3.05, 3.63) is 11.6 Å². The van der Waals surface area contributed by atoms with E-state index in [-0.39, 0.29) is 12.6 Å². The molecule has 0 spiro atoms. The molecule has 0 saturated carbocycles. The van der Waals surface area contributed by atoms with E-state index in [0.717, 1.165) is 26.4 Å². The molecule has 2 heterocycles. The van der Waals surface area contributed by atoms with Crippen molar-refractivity contribution in [3.8, 4) is 0 Å². The summed E-state index contributed by atoms with van der Waals surface area (Å²) >= 11 is 0. The molecule has 1 atom stereocenters. The van der Waals surface area contributed by atoms with Crippen LogP contribution in [0.2, 0.25) is 0 Å². The lowest BCUT2D eigenvalue weighted by Gasteiger charge is -2.39. The Morgan fingerprint density at radius 3 is 2.05 bits per heavy atom. The van der Waals surface area contributed by atoms with Gasteiger partial charge >= 0.3 is 0 Å². The Hall–Kier alpha value is -0.420. The lowest BCUT2D eigenvalue weighted by molar-refractivity contribution is -0.332. The molecule has 4 nitrogen and oxygen atoms in total. The molecular weight excluding hydrogens is 256 g/mol. The topological polar surface area (TPSA) is 36.9 Å². The Kier molecular flexibility index (Phi) is 4.76. The van der Waals surface area contributed by atoms with Crippen molar-refractivity contribution < 1.29 is 18.9 Å².